The standard InChI is InChI=1S/C9H12N2O/c1-12-8-4-2-3-7(5-8)6-9(10)11/h2-5H,6H2,1H3,(H3,10,11). The van der Waals surface area contributed by atoms with Gasteiger partial charge in [-0.3, -0.25) is 5.41 Å². The van der Waals surface area contributed by atoms with Gasteiger partial charge in [0.2, 0.25) is 0 Å². The molecule has 0 unspecified atom stereocenters. The van der Waals surface area contributed by atoms with Gasteiger partial charge in [0.05, 0.1) is 12.9 Å². The summed E-state index contributed by atoms with van der Waals surface area (Å²) in [6.45, 7) is 0. The zero-order chi connectivity index (χ0) is 8.97. The fourth-order valence-corrected chi connectivity index (χ4v) is 1.00. The van der Waals surface area contributed by atoms with Crippen molar-refractivity contribution in [1.82, 2.24) is 0 Å². The van der Waals surface area contributed by atoms with Crippen LogP contribution in [0.1, 0.15) is 5.56 Å². The second-order valence-corrected chi connectivity index (χ2v) is 2.55. The van der Waals surface area contributed by atoms with Crippen LogP contribution < -0.4 is 10.5 Å². The molecular weight excluding hydrogens is 152 g/mol. The predicted molar refractivity (Wildman–Crippen MR) is 48.6 cm³/mol. The monoisotopic (exact) mass is 164 g/mol. The molecule has 3 heteroatoms. The highest BCUT2D eigenvalue weighted by Crippen LogP contribution is 2.12. The lowest BCUT2D eigenvalue weighted by Gasteiger charge is -2.02. The Morgan fingerprint density at radius 1 is 1.58 bits per heavy atom. The molecule has 0 atom stereocenters. The summed E-state index contributed by atoms with van der Waals surface area (Å²) in [5.74, 6) is 0.969. The molecule has 0 radical (unpaired) electrons. The molecular formula is C9H12N2O. The minimum atomic E-state index is 0.170. The van der Waals surface area contributed by atoms with E-state index < -0.39 is 0 Å². The van der Waals surface area contributed by atoms with Crippen LogP contribution in [-0.2, 0) is 6.42 Å². The quantitative estimate of drug-likeness (QED) is 0.520. The molecule has 1 aromatic rings. The number of hydrogen-bond donors (Lipinski definition) is 2. The number of methoxy groups -OCH3 is 1. The van der Waals surface area contributed by atoms with Crippen LogP contribution in [0, 0.1) is 5.41 Å². The van der Waals surface area contributed by atoms with Gasteiger partial charge in [0.25, 0.3) is 0 Å². The Kier molecular flexibility index (Phi) is 2.69. The zero-order valence-electron chi connectivity index (χ0n) is 7.00. The van der Waals surface area contributed by atoms with Crippen molar-refractivity contribution in [2.24, 2.45) is 5.73 Å². The van der Waals surface area contributed by atoms with Crippen molar-refractivity contribution in [3.8, 4) is 5.75 Å². The van der Waals surface area contributed by atoms with Crippen LogP contribution in [0.5, 0.6) is 5.75 Å². The molecule has 1 rings (SSSR count). The molecule has 0 aliphatic carbocycles. The van der Waals surface area contributed by atoms with E-state index in [-0.39, 0.29) is 5.84 Å². The lowest BCUT2D eigenvalue weighted by Crippen LogP contribution is -2.12. The van der Waals surface area contributed by atoms with Crippen molar-refractivity contribution >= 4 is 5.84 Å². The largest absolute Gasteiger partial charge is 0.497 e. The lowest BCUT2D eigenvalue weighted by molar-refractivity contribution is 0.414. The average molecular weight is 164 g/mol. The summed E-state index contributed by atoms with van der Waals surface area (Å²) in [4.78, 5) is 0. The predicted octanol–water partition coefficient (Wildman–Crippen LogP) is 1.17. The van der Waals surface area contributed by atoms with Gasteiger partial charge in [-0.25, -0.2) is 0 Å². The maximum Gasteiger partial charge on any atom is 0.119 e. The topological polar surface area (TPSA) is 59.1 Å². The summed E-state index contributed by atoms with van der Waals surface area (Å²) < 4.78 is 5.03. The molecule has 0 bridgehead atoms. The molecule has 64 valence electrons. The van der Waals surface area contributed by atoms with Gasteiger partial charge >= 0.3 is 0 Å². The van der Waals surface area contributed by atoms with Gasteiger partial charge in [0.15, 0.2) is 0 Å². The first-order chi connectivity index (χ1) is 5.72. The third-order valence-electron chi connectivity index (χ3n) is 1.53. The van der Waals surface area contributed by atoms with Crippen LogP contribution in [-0.4, -0.2) is 12.9 Å². The number of nitrogens with two attached hydrogens (primary N) is 1. The van der Waals surface area contributed by atoms with Crippen molar-refractivity contribution in [3.05, 3.63) is 29.8 Å². The Hall–Kier alpha value is -1.51. The van der Waals surface area contributed by atoms with Crippen molar-refractivity contribution in [1.29, 1.82) is 5.41 Å². The van der Waals surface area contributed by atoms with E-state index in [0.29, 0.717) is 6.42 Å². The van der Waals surface area contributed by atoms with E-state index in [0.717, 1.165) is 11.3 Å². The Morgan fingerprint density at radius 2 is 2.33 bits per heavy atom. The molecule has 0 aliphatic rings. The number of ether oxygens (including phenoxy) is 1. The summed E-state index contributed by atoms with van der Waals surface area (Å²) in [6.07, 6.45) is 0.483. The lowest BCUT2D eigenvalue weighted by atomic mass is 10.1. The highest BCUT2D eigenvalue weighted by molar-refractivity contribution is 5.79. The fraction of sp³-hybridized carbons (Fsp3) is 0.222. The van der Waals surface area contributed by atoms with Crippen LogP contribution in [0.2, 0.25) is 0 Å². The first-order valence-electron chi connectivity index (χ1n) is 3.68. The van der Waals surface area contributed by atoms with Crippen LogP contribution in [0.4, 0.5) is 0 Å². The van der Waals surface area contributed by atoms with Gasteiger partial charge in [0.1, 0.15) is 5.75 Å². The summed E-state index contributed by atoms with van der Waals surface area (Å²) in [5, 5.41) is 7.10. The Balaban J connectivity index is 2.79. The van der Waals surface area contributed by atoms with Crippen LogP contribution >= 0.6 is 0 Å². The van der Waals surface area contributed by atoms with Crippen LogP contribution in [0.3, 0.4) is 0 Å². The Bertz CT molecular complexity index is 284. The molecule has 0 saturated heterocycles. The van der Waals surface area contributed by atoms with E-state index in [4.69, 9.17) is 15.9 Å². The SMILES string of the molecule is COc1cccc(CC(=N)N)c1. The maximum absolute atomic E-state index is 7.10. The third-order valence-corrected chi connectivity index (χ3v) is 1.53. The second-order valence-electron chi connectivity index (χ2n) is 2.55. The molecule has 0 saturated carbocycles. The van der Waals surface area contributed by atoms with Gasteiger partial charge in [-0.1, -0.05) is 12.1 Å². The van der Waals surface area contributed by atoms with Crippen molar-refractivity contribution in [2.45, 2.75) is 6.42 Å². The molecule has 12 heavy (non-hydrogen) atoms. The smallest absolute Gasteiger partial charge is 0.119 e. The van der Waals surface area contributed by atoms with Crippen LogP contribution in [0.25, 0.3) is 0 Å². The normalized spacial score (nSPS) is 9.42. The second kappa shape index (κ2) is 3.76. The van der Waals surface area contributed by atoms with Crippen molar-refractivity contribution in [3.63, 3.8) is 0 Å². The zero-order valence-corrected chi connectivity index (χ0v) is 7.00. The molecule has 0 heterocycles. The van der Waals surface area contributed by atoms with E-state index in [1.807, 2.05) is 24.3 Å². The number of rotatable bonds is 3. The van der Waals surface area contributed by atoms with Crippen LogP contribution in [0.15, 0.2) is 24.3 Å². The molecule has 0 aromatic heterocycles. The first kappa shape index (κ1) is 8.59. The number of amidine groups is 1. The molecule has 0 fully saturated rings. The summed E-state index contributed by atoms with van der Waals surface area (Å²) in [6, 6.07) is 7.55. The fourth-order valence-electron chi connectivity index (χ4n) is 1.00. The van der Waals surface area contributed by atoms with Gasteiger partial charge in [-0.2, -0.15) is 0 Å². The summed E-state index contributed by atoms with van der Waals surface area (Å²) in [7, 11) is 1.62. The highest BCUT2D eigenvalue weighted by atomic mass is 16.5. The Labute approximate surface area is 71.7 Å². The van der Waals surface area contributed by atoms with E-state index in [2.05, 4.69) is 0 Å². The van der Waals surface area contributed by atoms with E-state index in [1.165, 1.54) is 0 Å². The number of hydrogen-bond acceptors (Lipinski definition) is 2. The summed E-state index contributed by atoms with van der Waals surface area (Å²) in [5.41, 5.74) is 6.26. The van der Waals surface area contributed by atoms with E-state index >= 15 is 0 Å². The molecule has 3 nitrogen and oxygen atoms in total. The average Bonchev–Trinajstić information content (AvgIpc) is 2.03. The molecule has 0 amide bonds. The van der Waals surface area contributed by atoms with Crippen molar-refractivity contribution < 1.29 is 4.74 Å². The number of nitrogens with one attached hydrogen (secondary N) is 1. The Morgan fingerprint density at radius 3 is 2.92 bits per heavy atom. The van der Waals surface area contributed by atoms with Gasteiger partial charge in [0, 0.05) is 6.42 Å². The van der Waals surface area contributed by atoms with Crippen molar-refractivity contribution in [2.75, 3.05) is 7.11 Å². The number of benzene rings is 1. The first-order valence-corrected chi connectivity index (χ1v) is 3.68. The minimum Gasteiger partial charge on any atom is -0.497 e. The van der Waals surface area contributed by atoms with Gasteiger partial charge < -0.3 is 10.5 Å². The van der Waals surface area contributed by atoms with Gasteiger partial charge in [-0.05, 0) is 17.7 Å². The molecule has 1 aromatic carbocycles. The minimum absolute atomic E-state index is 0.170. The molecule has 3 N–H and O–H groups in total. The molecule has 0 spiro atoms. The van der Waals surface area contributed by atoms with E-state index in [1.54, 1.807) is 7.11 Å². The molecule has 0 aliphatic heterocycles. The maximum atomic E-state index is 7.10. The highest BCUT2D eigenvalue weighted by Gasteiger charge is 1.96. The third kappa shape index (κ3) is 2.27. The summed E-state index contributed by atoms with van der Waals surface area (Å²) >= 11 is 0. The van der Waals surface area contributed by atoms with E-state index in [9.17, 15) is 0 Å². The van der Waals surface area contributed by atoms with Gasteiger partial charge in [-0.15, -0.1) is 0 Å².